The number of amides is 1. The fourth-order valence-electron chi connectivity index (χ4n) is 1.80. The Labute approximate surface area is 129 Å². The number of aromatic hydroxyl groups is 1. The number of phenols is 1. The largest absolute Gasteiger partial charge is 0.508 e. The fraction of sp³-hybridized carbons (Fsp3) is 0.176. The molecule has 0 unspecified atom stereocenters. The lowest BCUT2D eigenvalue weighted by molar-refractivity contribution is -0.123. The number of nitrogens with one attached hydrogen (secondary N) is 1. The molecular weight excluding hydrogens is 280 g/mol. The van der Waals surface area contributed by atoms with E-state index >= 15 is 0 Å². The zero-order valence-electron chi connectivity index (χ0n) is 12.5. The molecule has 0 bridgehead atoms. The SMILES string of the molecule is Cc1cccc(OCC(=O)N/N=C\c2ccc(O)cc2)c1C. The van der Waals surface area contributed by atoms with Crippen LogP contribution in [0.2, 0.25) is 0 Å². The maximum absolute atomic E-state index is 11.7. The lowest BCUT2D eigenvalue weighted by Gasteiger charge is -2.09. The standard InChI is InChI=1S/C17H18N2O3/c1-12-4-3-5-16(13(12)2)22-11-17(21)19-18-10-14-6-8-15(20)9-7-14/h3-10,20H,11H2,1-2H3,(H,19,21)/b18-10-. The van der Waals surface area contributed by atoms with Gasteiger partial charge in [-0.3, -0.25) is 4.79 Å². The summed E-state index contributed by atoms with van der Waals surface area (Å²) in [6, 6.07) is 12.2. The first-order chi connectivity index (χ1) is 10.6. The molecule has 0 saturated heterocycles. The summed E-state index contributed by atoms with van der Waals surface area (Å²) in [5.74, 6) is 0.539. The minimum absolute atomic E-state index is 0.1000. The predicted octanol–water partition coefficient (Wildman–Crippen LogP) is 2.54. The molecular formula is C17H18N2O3. The van der Waals surface area contributed by atoms with Crippen molar-refractivity contribution >= 4 is 12.1 Å². The molecule has 0 aromatic heterocycles. The molecule has 0 aliphatic rings. The van der Waals surface area contributed by atoms with Gasteiger partial charge in [-0.15, -0.1) is 0 Å². The third-order valence-electron chi connectivity index (χ3n) is 3.21. The molecule has 5 heteroatoms. The zero-order valence-corrected chi connectivity index (χ0v) is 12.5. The first-order valence-corrected chi connectivity index (χ1v) is 6.86. The molecule has 22 heavy (non-hydrogen) atoms. The quantitative estimate of drug-likeness (QED) is 0.658. The van der Waals surface area contributed by atoms with Crippen LogP contribution in [0.4, 0.5) is 0 Å². The maximum Gasteiger partial charge on any atom is 0.277 e. The van der Waals surface area contributed by atoms with E-state index in [1.54, 1.807) is 24.3 Å². The average Bonchev–Trinajstić information content (AvgIpc) is 2.51. The molecule has 0 aliphatic heterocycles. The minimum atomic E-state index is -0.337. The Morgan fingerprint density at radius 1 is 1.23 bits per heavy atom. The molecule has 2 aromatic rings. The molecule has 5 nitrogen and oxygen atoms in total. The topological polar surface area (TPSA) is 70.9 Å². The Bertz CT molecular complexity index is 679. The van der Waals surface area contributed by atoms with Crippen LogP contribution in [-0.2, 0) is 4.79 Å². The van der Waals surface area contributed by atoms with Crippen molar-refractivity contribution in [2.75, 3.05) is 6.61 Å². The Hall–Kier alpha value is -2.82. The number of hydrazone groups is 1. The van der Waals surface area contributed by atoms with Crippen molar-refractivity contribution in [1.82, 2.24) is 5.43 Å². The molecule has 2 aromatic carbocycles. The first kappa shape index (κ1) is 15.6. The average molecular weight is 298 g/mol. The number of rotatable bonds is 5. The van der Waals surface area contributed by atoms with Crippen LogP contribution in [0.25, 0.3) is 0 Å². The summed E-state index contributed by atoms with van der Waals surface area (Å²) in [6.07, 6.45) is 1.50. The van der Waals surface area contributed by atoms with Crippen LogP contribution in [0, 0.1) is 13.8 Å². The van der Waals surface area contributed by atoms with E-state index in [1.807, 2.05) is 32.0 Å². The second kappa shape index (κ2) is 7.26. The van der Waals surface area contributed by atoms with Crippen LogP contribution in [-0.4, -0.2) is 23.8 Å². The lowest BCUT2D eigenvalue weighted by Crippen LogP contribution is -2.24. The van der Waals surface area contributed by atoms with Gasteiger partial charge in [0.15, 0.2) is 6.61 Å². The summed E-state index contributed by atoms with van der Waals surface area (Å²) in [7, 11) is 0. The summed E-state index contributed by atoms with van der Waals surface area (Å²) in [4.78, 5) is 11.7. The number of carbonyl (C=O) groups excluding carboxylic acids is 1. The number of hydrogen-bond acceptors (Lipinski definition) is 4. The van der Waals surface area contributed by atoms with E-state index in [1.165, 1.54) is 6.21 Å². The normalized spacial score (nSPS) is 10.6. The molecule has 2 rings (SSSR count). The minimum Gasteiger partial charge on any atom is -0.508 e. The van der Waals surface area contributed by atoms with Crippen molar-refractivity contribution in [3.05, 3.63) is 59.2 Å². The molecule has 114 valence electrons. The van der Waals surface area contributed by atoms with E-state index in [9.17, 15) is 4.79 Å². The van der Waals surface area contributed by atoms with E-state index in [2.05, 4.69) is 10.5 Å². The van der Waals surface area contributed by atoms with Crippen molar-refractivity contribution in [3.63, 3.8) is 0 Å². The second-order valence-electron chi connectivity index (χ2n) is 4.87. The number of ether oxygens (including phenoxy) is 1. The van der Waals surface area contributed by atoms with Gasteiger partial charge in [-0.25, -0.2) is 5.43 Å². The number of benzene rings is 2. The van der Waals surface area contributed by atoms with E-state index in [0.717, 1.165) is 16.7 Å². The lowest BCUT2D eigenvalue weighted by atomic mass is 10.1. The van der Waals surface area contributed by atoms with Gasteiger partial charge in [0.1, 0.15) is 11.5 Å². The third kappa shape index (κ3) is 4.34. The van der Waals surface area contributed by atoms with Crippen molar-refractivity contribution < 1.29 is 14.6 Å². The molecule has 0 saturated carbocycles. The van der Waals surface area contributed by atoms with Gasteiger partial charge in [-0.1, -0.05) is 12.1 Å². The van der Waals surface area contributed by atoms with Gasteiger partial charge in [0.2, 0.25) is 0 Å². The van der Waals surface area contributed by atoms with Crippen LogP contribution in [0.5, 0.6) is 11.5 Å². The van der Waals surface area contributed by atoms with Crippen LogP contribution < -0.4 is 10.2 Å². The Kier molecular flexibility index (Phi) is 5.14. The number of nitrogens with zero attached hydrogens (tertiary/aromatic N) is 1. The predicted molar refractivity (Wildman–Crippen MR) is 85.3 cm³/mol. The van der Waals surface area contributed by atoms with E-state index < -0.39 is 0 Å². The molecule has 0 atom stereocenters. The highest BCUT2D eigenvalue weighted by atomic mass is 16.5. The zero-order chi connectivity index (χ0) is 15.9. The van der Waals surface area contributed by atoms with Gasteiger partial charge in [-0.2, -0.15) is 5.10 Å². The Morgan fingerprint density at radius 2 is 1.95 bits per heavy atom. The Balaban J connectivity index is 1.83. The van der Waals surface area contributed by atoms with Crippen LogP contribution >= 0.6 is 0 Å². The van der Waals surface area contributed by atoms with Crippen molar-refractivity contribution in [3.8, 4) is 11.5 Å². The highest BCUT2D eigenvalue weighted by molar-refractivity contribution is 5.83. The molecule has 0 spiro atoms. The smallest absolute Gasteiger partial charge is 0.277 e. The summed E-state index contributed by atoms with van der Waals surface area (Å²) < 4.78 is 5.48. The first-order valence-electron chi connectivity index (χ1n) is 6.86. The summed E-state index contributed by atoms with van der Waals surface area (Å²) in [5, 5.41) is 13.0. The fourth-order valence-corrected chi connectivity index (χ4v) is 1.80. The number of hydrogen-bond donors (Lipinski definition) is 2. The highest BCUT2D eigenvalue weighted by Gasteiger charge is 2.05. The second-order valence-corrected chi connectivity index (χ2v) is 4.87. The van der Waals surface area contributed by atoms with Crippen molar-refractivity contribution in [2.45, 2.75) is 13.8 Å². The third-order valence-corrected chi connectivity index (χ3v) is 3.21. The molecule has 0 fully saturated rings. The molecule has 0 radical (unpaired) electrons. The van der Waals surface area contributed by atoms with E-state index in [-0.39, 0.29) is 18.3 Å². The molecule has 0 aliphatic carbocycles. The summed E-state index contributed by atoms with van der Waals surface area (Å²) in [6.45, 7) is 3.84. The molecule has 0 heterocycles. The monoisotopic (exact) mass is 298 g/mol. The highest BCUT2D eigenvalue weighted by Crippen LogP contribution is 2.20. The molecule has 2 N–H and O–H groups in total. The maximum atomic E-state index is 11.7. The summed E-state index contributed by atoms with van der Waals surface area (Å²) >= 11 is 0. The van der Waals surface area contributed by atoms with Gasteiger partial charge < -0.3 is 9.84 Å². The van der Waals surface area contributed by atoms with E-state index in [4.69, 9.17) is 9.84 Å². The Morgan fingerprint density at radius 3 is 2.68 bits per heavy atom. The van der Waals surface area contributed by atoms with E-state index in [0.29, 0.717) is 5.75 Å². The summed E-state index contributed by atoms with van der Waals surface area (Å²) in [5.41, 5.74) is 5.30. The van der Waals surface area contributed by atoms with Gasteiger partial charge in [-0.05, 0) is 60.9 Å². The van der Waals surface area contributed by atoms with Gasteiger partial charge in [0, 0.05) is 0 Å². The van der Waals surface area contributed by atoms with Gasteiger partial charge in [0.05, 0.1) is 6.21 Å². The number of aryl methyl sites for hydroxylation is 1. The van der Waals surface area contributed by atoms with Crippen LogP contribution in [0.15, 0.2) is 47.6 Å². The molecule has 1 amide bonds. The number of phenolic OH excluding ortho intramolecular Hbond substituents is 1. The number of carbonyl (C=O) groups is 1. The van der Waals surface area contributed by atoms with Gasteiger partial charge in [0.25, 0.3) is 5.91 Å². The van der Waals surface area contributed by atoms with Crippen molar-refractivity contribution in [1.29, 1.82) is 0 Å². The van der Waals surface area contributed by atoms with Gasteiger partial charge >= 0.3 is 0 Å². The van der Waals surface area contributed by atoms with Crippen molar-refractivity contribution in [2.24, 2.45) is 5.10 Å². The van der Waals surface area contributed by atoms with Crippen LogP contribution in [0.3, 0.4) is 0 Å². The van der Waals surface area contributed by atoms with Crippen LogP contribution in [0.1, 0.15) is 16.7 Å².